The molecule has 0 amide bonds. The molecule has 61 heavy (non-hydrogen) atoms. The molecule has 2 heterocycles. The van der Waals surface area contributed by atoms with E-state index in [1.807, 2.05) is 36.4 Å². The maximum Gasteiger partial charge on any atom is 0.164 e. The molecule has 0 aliphatic heterocycles. The fourth-order valence-corrected chi connectivity index (χ4v) is 10.4. The molecule has 0 N–H and O–H groups in total. The summed E-state index contributed by atoms with van der Waals surface area (Å²) in [6.45, 7) is 9.44. The number of aromatic nitrogens is 4. The molecule has 0 saturated heterocycles. The molecule has 0 unspecified atom stereocenters. The third kappa shape index (κ3) is 5.21. The zero-order valence-electron chi connectivity index (χ0n) is 34.6. The summed E-state index contributed by atoms with van der Waals surface area (Å²) in [5, 5.41) is 2.46. The number of rotatable bonds is 5. The molecule has 0 fully saturated rings. The first kappa shape index (κ1) is 35.5. The summed E-state index contributed by atoms with van der Waals surface area (Å²) in [7, 11) is 0. The van der Waals surface area contributed by atoms with E-state index in [2.05, 4.69) is 178 Å². The van der Waals surface area contributed by atoms with E-state index in [4.69, 9.17) is 15.0 Å². The quantitative estimate of drug-likeness (QED) is 0.175. The summed E-state index contributed by atoms with van der Waals surface area (Å²) in [6, 6.07) is 65.8. The zero-order chi connectivity index (χ0) is 41.0. The van der Waals surface area contributed by atoms with Gasteiger partial charge in [-0.25, -0.2) is 15.0 Å². The molecule has 4 nitrogen and oxygen atoms in total. The summed E-state index contributed by atoms with van der Waals surface area (Å²) in [4.78, 5) is 15.5. The maximum absolute atomic E-state index is 5.21. The van der Waals surface area contributed by atoms with E-state index in [0.29, 0.717) is 17.5 Å². The van der Waals surface area contributed by atoms with Crippen molar-refractivity contribution in [3.05, 3.63) is 204 Å². The van der Waals surface area contributed by atoms with Crippen LogP contribution in [0.1, 0.15) is 49.9 Å². The van der Waals surface area contributed by atoms with Crippen LogP contribution in [0.2, 0.25) is 0 Å². The van der Waals surface area contributed by atoms with Crippen molar-refractivity contribution in [2.45, 2.75) is 38.5 Å². The minimum Gasteiger partial charge on any atom is -0.309 e. The van der Waals surface area contributed by atoms with Crippen molar-refractivity contribution < 1.29 is 0 Å². The SMILES string of the molecule is CC1(C)c2ccccc2-c2cc3c4ccccc4n(-c4cc(-c5nc(-c6ccccc6)nc(-c6ccccc6)n5)ccc4-c4cccc5c4-c4ccccc4C5(C)C)c3cc21. The molecule has 2 aromatic heterocycles. The molecular formula is C57H42N4. The number of benzene rings is 8. The van der Waals surface area contributed by atoms with E-state index in [-0.39, 0.29) is 10.8 Å². The van der Waals surface area contributed by atoms with Crippen molar-refractivity contribution in [3.8, 4) is 73.2 Å². The Morgan fingerprint density at radius 3 is 1.59 bits per heavy atom. The highest BCUT2D eigenvalue weighted by molar-refractivity contribution is 6.12. The van der Waals surface area contributed by atoms with Crippen LogP contribution in [0.5, 0.6) is 0 Å². The number of fused-ring (bicyclic) bond motifs is 9. The van der Waals surface area contributed by atoms with Crippen LogP contribution < -0.4 is 0 Å². The summed E-state index contributed by atoms with van der Waals surface area (Å²) in [6.07, 6.45) is 0. The molecule has 8 aromatic carbocycles. The minimum atomic E-state index is -0.159. The molecule has 10 aromatic rings. The molecule has 4 heteroatoms. The van der Waals surface area contributed by atoms with Crippen LogP contribution in [-0.4, -0.2) is 19.5 Å². The molecule has 12 rings (SSSR count). The third-order valence-electron chi connectivity index (χ3n) is 13.5. The first-order chi connectivity index (χ1) is 29.8. The summed E-state index contributed by atoms with van der Waals surface area (Å²) in [5.74, 6) is 1.91. The number of hydrogen-bond donors (Lipinski definition) is 0. The molecule has 0 atom stereocenters. The summed E-state index contributed by atoms with van der Waals surface area (Å²) >= 11 is 0. The Kier molecular flexibility index (Phi) is 7.59. The molecule has 0 radical (unpaired) electrons. The van der Waals surface area contributed by atoms with E-state index >= 15 is 0 Å². The van der Waals surface area contributed by atoms with Crippen molar-refractivity contribution in [1.82, 2.24) is 19.5 Å². The Balaban J connectivity index is 1.18. The number of nitrogens with zero attached hydrogens (tertiary/aromatic N) is 4. The van der Waals surface area contributed by atoms with Crippen LogP contribution in [0.3, 0.4) is 0 Å². The van der Waals surface area contributed by atoms with Gasteiger partial charge in [-0.05, 0) is 74.3 Å². The van der Waals surface area contributed by atoms with E-state index in [9.17, 15) is 0 Å². The molecule has 2 aliphatic carbocycles. The highest BCUT2D eigenvalue weighted by atomic mass is 15.0. The van der Waals surface area contributed by atoms with Crippen LogP contribution in [0.4, 0.5) is 0 Å². The fourth-order valence-electron chi connectivity index (χ4n) is 10.4. The Labute approximate surface area is 355 Å². The van der Waals surface area contributed by atoms with Gasteiger partial charge in [-0.15, -0.1) is 0 Å². The fraction of sp³-hybridized carbons (Fsp3) is 0.105. The van der Waals surface area contributed by atoms with Crippen LogP contribution in [0.25, 0.3) is 95.0 Å². The van der Waals surface area contributed by atoms with E-state index < -0.39 is 0 Å². The number of para-hydroxylation sites is 1. The van der Waals surface area contributed by atoms with Crippen molar-refractivity contribution in [2.75, 3.05) is 0 Å². The van der Waals surface area contributed by atoms with Gasteiger partial charge in [0, 0.05) is 43.9 Å². The van der Waals surface area contributed by atoms with Crippen molar-refractivity contribution in [3.63, 3.8) is 0 Å². The largest absolute Gasteiger partial charge is 0.309 e. The first-order valence-corrected chi connectivity index (χ1v) is 21.2. The maximum atomic E-state index is 5.21. The Bertz CT molecular complexity index is 3350. The van der Waals surface area contributed by atoms with Gasteiger partial charge in [-0.3, -0.25) is 0 Å². The third-order valence-corrected chi connectivity index (χ3v) is 13.5. The highest BCUT2D eigenvalue weighted by Gasteiger charge is 2.38. The lowest BCUT2D eigenvalue weighted by molar-refractivity contribution is 0.660. The minimum absolute atomic E-state index is 0.136. The standard InChI is InChI=1S/C57H42N4/c1-56(2)46-27-15-12-24-42(46)52-41(25-17-28-47(52)56)40-31-30-37(55-59-53(35-18-7-5-8-19-35)58-54(60-55)36-20-9-6-10-21-36)32-50(40)61-49-29-16-13-23-39(49)44-33-43-38-22-11-14-26-45(38)57(3,4)48(43)34-51(44)61/h5-34H,1-4H3. The van der Waals surface area contributed by atoms with E-state index in [0.717, 1.165) is 33.5 Å². The van der Waals surface area contributed by atoms with Gasteiger partial charge in [0.1, 0.15) is 0 Å². The normalized spacial score (nSPS) is 14.2. The molecule has 290 valence electrons. The molecule has 0 bridgehead atoms. The lowest BCUT2D eigenvalue weighted by Gasteiger charge is -2.23. The predicted molar refractivity (Wildman–Crippen MR) is 251 cm³/mol. The second kappa shape index (κ2) is 13.0. The van der Waals surface area contributed by atoms with Gasteiger partial charge in [-0.2, -0.15) is 0 Å². The predicted octanol–water partition coefficient (Wildman–Crippen LogP) is 14.2. The average Bonchev–Trinajstić information content (AvgIpc) is 3.85. The topological polar surface area (TPSA) is 43.6 Å². The summed E-state index contributed by atoms with van der Waals surface area (Å²) < 4.78 is 2.51. The van der Waals surface area contributed by atoms with Gasteiger partial charge >= 0.3 is 0 Å². The Morgan fingerprint density at radius 1 is 0.344 bits per heavy atom. The van der Waals surface area contributed by atoms with E-state index in [1.54, 1.807) is 0 Å². The van der Waals surface area contributed by atoms with Crippen LogP contribution in [-0.2, 0) is 10.8 Å². The molecule has 2 aliphatic rings. The second-order valence-corrected chi connectivity index (χ2v) is 17.6. The van der Waals surface area contributed by atoms with Crippen LogP contribution in [0.15, 0.2) is 182 Å². The van der Waals surface area contributed by atoms with Crippen molar-refractivity contribution in [1.29, 1.82) is 0 Å². The smallest absolute Gasteiger partial charge is 0.164 e. The van der Waals surface area contributed by atoms with Crippen LogP contribution in [0, 0.1) is 0 Å². The monoisotopic (exact) mass is 782 g/mol. The Morgan fingerprint density at radius 2 is 0.885 bits per heavy atom. The van der Waals surface area contributed by atoms with Gasteiger partial charge in [0.15, 0.2) is 17.5 Å². The lowest BCUT2D eigenvalue weighted by Crippen LogP contribution is -2.15. The molecule has 0 saturated carbocycles. The van der Waals surface area contributed by atoms with Gasteiger partial charge in [0.2, 0.25) is 0 Å². The van der Waals surface area contributed by atoms with Gasteiger partial charge in [0.05, 0.1) is 16.7 Å². The van der Waals surface area contributed by atoms with Gasteiger partial charge in [-0.1, -0.05) is 185 Å². The highest BCUT2D eigenvalue weighted by Crippen LogP contribution is 2.54. The Hall–Kier alpha value is -7.43. The van der Waals surface area contributed by atoms with Gasteiger partial charge in [0.25, 0.3) is 0 Å². The lowest BCUT2D eigenvalue weighted by atomic mass is 9.82. The van der Waals surface area contributed by atoms with E-state index in [1.165, 1.54) is 66.4 Å². The summed E-state index contributed by atoms with van der Waals surface area (Å²) in [5.41, 5.74) is 18.9. The molecule has 0 spiro atoms. The average molecular weight is 783 g/mol. The van der Waals surface area contributed by atoms with Gasteiger partial charge < -0.3 is 4.57 Å². The molecular weight excluding hydrogens is 741 g/mol. The number of hydrogen-bond acceptors (Lipinski definition) is 3. The first-order valence-electron chi connectivity index (χ1n) is 21.2. The van der Waals surface area contributed by atoms with Crippen LogP contribution >= 0.6 is 0 Å². The van der Waals surface area contributed by atoms with Crippen molar-refractivity contribution >= 4 is 21.8 Å². The van der Waals surface area contributed by atoms with Crippen molar-refractivity contribution in [2.24, 2.45) is 0 Å². The second-order valence-electron chi connectivity index (χ2n) is 17.6. The zero-order valence-corrected chi connectivity index (χ0v) is 34.6.